The Balaban J connectivity index is 2.47. The van der Waals surface area contributed by atoms with E-state index in [9.17, 15) is 14.0 Å². The highest BCUT2D eigenvalue weighted by Gasteiger charge is 2.27. The fraction of sp³-hybridized carbons (Fsp3) is 0.846. The summed E-state index contributed by atoms with van der Waals surface area (Å²) in [6, 6.07) is -1.41. The molecule has 0 aliphatic heterocycles. The second-order valence-electron chi connectivity index (χ2n) is 5.05. The average molecular weight is 259 g/mol. The fourth-order valence-corrected chi connectivity index (χ4v) is 2.56. The minimum absolute atomic E-state index is 0.193. The third-order valence-electron chi connectivity index (χ3n) is 3.73. The van der Waals surface area contributed by atoms with Gasteiger partial charge >= 0.3 is 5.97 Å². The van der Waals surface area contributed by atoms with Crippen LogP contribution < -0.4 is 5.32 Å². The van der Waals surface area contributed by atoms with Crippen LogP contribution in [0.5, 0.6) is 0 Å². The first-order chi connectivity index (χ1) is 8.58. The van der Waals surface area contributed by atoms with Gasteiger partial charge in [-0.3, -0.25) is 4.79 Å². The van der Waals surface area contributed by atoms with E-state index in [1.54, 1.807) is 0 Å². The van der Waals surface area contributed by atoms with Crippen LogP contribution in [0.4, 0.5) is 4.39 Å². The number of aliphatic carboxylic acids is 1. The molecule has 0 spiro atoms. The van der Waals surface area contributed by atoms with Gasteiger partial charge in [0.15, 0.2) is 6.04 Å². The lowest BCUT2D eigenvalue weighted by atomic mass is 9.90. The normalized spacial score (nSPS) is 19.4. The van der Waals surface area contributed by atoms with Crippen molar-refractivity contribution in [3.63, 3.8) is 0 Å². The Bertz CT molecular complexity index is 290. The molecule has 0 aromatic heterocycles. The highest BCUT2D eigenvalue weighted by Crippen LogP contribution is 2.31. The molecule has 1 rings (SSSR count). The molecule has 1 saturated carbocycles. The number of carboxylic acid groups (broad SMARTS) is 1. The maximum absolute atomic E-state index is 12.4. The van der Waals surface area contributed by atoms with Crippen molar-refractivity contribution in [1.29, 1.82) is 0 Å². The zero-order valence-electron chi connectivity index (χ0n) is 10.8. The Morgan fingerprint density at radius 2 is 2.00 bits per heavy atom. The van der Waals surface area contributed by atoms with Crippen LogP contribution in [0.3, 0.4) is 0 Å². The lowest BCUT2D eigenvalue weighted by Crippen LogP contribution is -2.45. The van der Waals surface area contributed by atoms with E-state index in [1.165, 1.54) is 12.8 Å². The van der Waals surface area contributed by atoms with Gasteiger partial charge in [0.25, 0.3) is 0 Å². The quantitative estimate of drug-likeness (QED) is 0.736. The second-order valence-corrected chi connectivity index (χ2v) is 5.05. The molecule has 0 heterocycles. The molecule has 0 radical (unpaired) electrons. The van der Waals surface area contributed by atoms with Gasteiger partial charge in [0, 0.05) is 5.92 Å². The molecule has 0 aromatic rings. The van der Waals surface area contributed by atoms with Crippen LogP contribution in [-0.4, -0.2) is 29.7 Å². The van der Waals surface area contributed by atoms with E-state index in [0.29, 0.717) is 12.3 Å². The molecule has 5 heteroatoms. The van der Waals surface area contributed by atoms with Crippen LogP contribution in [0.15, 0.2) is 0 Å². The number of nitrogens with one attached hydrogen (secondary N) is 1. The van der Waals surface area contributed by atoms with E-state index in [4.69, 9.17) is 5.11 Å². The lowest BCUT2D eigenvalue weighted by Gasteiger charge is -2.20. The van der Waals surface area contributed by atoms with Crippen LogP contribution in [0.1, 0.15) is 45.4 Å². The molecular weight excluding hydrogens is 237 g/mol. The summed E-state index contributed by atoms with van der Waals surface area (Å²) in [5, 5.41) is 11.0. The SMILES string of the molecule is CCC(CC1CCCC1)C(=O)NC(CF)C(=O)O. The van der Waals surface area contributed by atoms with Crippen molar-refractivity contribution in [2.75, 3.05) is 6.67 Å². The third kappa shape index (κ3) is 4.27. The van der Waals surface area contributed by atoms with Gasteiger partial charge in [0.2, 0.25) is 5.91 Å². The summed E-state index contributed by atoms with van der Waals surface area (Å²) in [5.74, 6) is -1.27. The highest BCUT2D eigenvalue weighted by molar-refractivity contribution is 5.85. The Labute approximate surface area is 107 Å². The van der Waals surface area contributed by atoms with Gasteiger partial charge in [-0.05, 0) is 18.8 Å². The number of rotatable bonds is 7. The molecule has 2 atom stereocenters. The van der Waals surface area contributed by atoms with E-state index in [-0.39, 0.29) is 11.8 Å². The van der Waals surface area contributed by atoms with E-state index in [0.717, 1.165) is 19.3 Å². The van der Waals surface area contributed by atoms with Crippen LogP contribution in [-0.2, 0) is 9.59 Å². The molecule has 2 N–H and O–H groups in total. The fourth-order valence-electron chi connectivity index (χ4n) is 2.56. The third-order valence-corrected chi connectivity index (χ3v) is 3.73. The summed E-state index contributed by atoms with van der Waals surface area (Å²) >= 11 is 0. The van der Waals surface area contributed by atoms with Crippen molar-refractivity contribution in [2.45, 2.75) is 51.5 Å². The maximum Gasteiger partial charge on any atom is 0.328 e. The van der Waals surface area contributed by atoms with E-state index >= 15 is 0 Å². The van der Waals surface area contributed by atoms with Crippen LogP contribution in [0.25, 0.3) is 0 Å². The van der Waals surface area contributed by atoms with Crippen LogP contribution >= 0.6 is 0 Å². The minimum Gasteiger partial charge on any atom is -0.480 e. The molecule has 1 amide bonds. The number of carbonyl (C=O) groups is 2. The smallest absolute Gasteiger partial charge is 0.328 e. The summed E-state index contributed by atoms with van der Waals surface area (Å²) in [4.78, 5) is 22.6. The Morgan fingerprint density at radius 3 is 2.44 bits per heavy atom. The van der Waals surface area contributed by atoms with Gasteiger partial charge < -0.3 is 10.4 Å². The minimum atomic E-state index is -1.41. The summed E-state index contributed by atoms with van der Waals surface area (Å²) < 4.78 is 12.4. The average Bonchev–Trinajstić information content (AvgIpc) is 2.85. The van der Waals surface area contributed by atoms with Crippen molar-refractivity contribution in [3.8, 4) is 0 Å². The van der Waals surface area contributed by atoms with Gasteiger partial charge in [0.05, 0.1) is 0 Å². The first-order valence-electron chi connectivity index (χ1n) is 6.67. The van der Waals surface area contributed by atoms with Crippen molar-refractivity contribution in [3.05, 3.63) is 0 Å². The predicted octanol–water partition coefficient (Wildman–Crippen LogP) is 2.13. The zero-order valence-corrected chi connectivity index (χ0v) is 10.8. The van der Waals surface area contributed by atoms with E-state index < -0.39 is 18.7 Å². The number of hydrogen-bond donors (Lipinski definition) is 2. The number of hydrogen-bond acceptors (Lipinski definition) is 2. The second kappa shape index (κ2) is 7.34. The molecule has 1 fully saturated rings. The largest absolute Gasteiger partial charge is 0.480 e. The van der Waals surface area contributed by atoms with Crippen molar-refractivity contribution >= 4 is 11.9 Å². The Hall–Kier alpha value is -1.13. The monoisotopic (exact) mass is 259 g/mol. The summed E-state index contributed by atoms with van der Waals surface area (Å²) in [6.07, 6.45) is 6.18. The molecule has 18 heavy (non-hydrogen) atoms. The highest BCUT2D eigenvalue weighted by atomic mass is 19.1. The van der Waals surface area contributed by atoms with Crippen LogP contribution in [0, 0.1) is 11.8 Å². The summed E-state index contributed by atoms with van der Waals surface area (Å²) in [6.45, 7) is 0.839. The standard InChI is InChI=1S/C13H22FNO3/c1-2-10(7-9-5-3-4-6-9)12(16)15-11(8-14)13(17)18/h9-11H,2-8H2,1H3,(H,15,16)(H,17,18). The molecule has 1 aliphatic carbocycles. The summed E-state index contributed by atoms with van der Waals surface area (Å²) in [5.41, 5.74) is 0. The van der Waals surface area contributed by atoms with Gasteiger partial charge in [-0.25, -0.2) is 9.18 Å². The Kier molecular flexibility index (Phi) is 6.09. The zero-order chi connectivity index (χ0) is 13.5. The molecule has 0 saturated heterocycles. The van der Waals surface area contributed by atoms with Crippen LogP contribution in [0.2, 0.25) is 0 Å². The predicted molar refractivity (Wildman–Crippen MR) is 65.9 cm³/mol. The first kappa shape index (κ1) is 14.9. The molecule has 0 bridgehead atoms. The topological polar surface area (TPSA) is 66.4 Å². The van der Waals surface area contributed by atoms with Crippen molar-refractivity contribution in [2.24, 2.45) is 11.8 Å². The van der Waals surface area contributed by atoms with Gasteiger partial charge in [-0.2, -0.15) is 0 Å². The van der Waals surface area contributed by atoms with Gasteiger partial charge in [-0.1, -0.05) is 32.6 Å². The van der Waals surface area contributed by atoms with Crippen molar-refractivity contribution in [1.82, 2.24) is 5.32 Å². The molecule has 1 aliphatic rings. The molecular formula is C13H22FNO3. The van der Waals surface area contributed by atoms with Gasteiger partial charge in [0.1, 0.15) is 6.67 Å². The number of halogens is 1. The number of carbonyl (C=O) groups excluding carboxylic acids is 1. The molecule has 104 valence electrons. The number of amides is 1. The van der Waals surface area contributed by atoms with Crippen molar-refractivity contribution < 1.29 is 19.1 Å². The maximum atomic E-state index is 12.4. The number of carboxylic acids is 1. The molecule has 2 unspecified atom stereocenters. The first-order valence-corrected chi connectivity index (χ1v) is 6.67. The molecule has 4 nitrogen and oxygen atoms in total. The Morgan fingerprint density at radius 1 is 1.39 bits per heavy atom. The van der Waals surface area contributed by atoms with E-state index in [1.807, 2.05) is 6.92 Å². The number of alkyl halides is 1. The van der Waals surface area contributed by atoms with Gasteiger partial charge in [-0.15, -0.1) is 0 Å². The van der Waals surface area contributed by atoms with E-state index in [2.05, 4.69) is 5.32 Å². The lowest BCUT2D eigenvalue weighted by molar-refractivity contribution is -0.143. The summed E-state index contributed by atoms with van der Waals surface area (Å²) in [7, 11) is 0. The molecule has 0 aromatic carbocycles.